The smallest absolute Gasteiger partial charge is 0.252 e. The first kappa shape index (κ1) is 21.7. The maximum absolute atomic E-state index is 13.3. The van der Waals surface area contributed by atoms with Crippen molar-refractivity contribution in [2.75, 3.05) is 11.9 Å². The maximum atomic E-state index is 13.3. The summed E-state index contributed by atoms with van der Waals surface area (Å²) in [5.74, 6) is -0.328. The molecule has 3 aromatic carbocycles. The van der Waals surface area contributed by atoms with Crippen LogP contribution in [0.2, 0.25) is 0 Å². The molecule has 1 atom stereocenters. The number of para-hydroxylation sites is 1. The van der Waals surface area contributed by atoms with Crippen LogP contribution in [-0.4, -0.2) is 39.3 Å². The number of carbonyl (C=O) groups excluding carboxylic acids is 2. The van der Waals surface area contributed by atoms with Gasteiger partial charge in [0.1, 0.15) is 6.04 Å². The van der Waals surface area contributed by atoms with E-state index in [1.165, 1.54) is 0 Å². The zero-order valence-corrected chi connectivity index (χ0v) is 18.5. The van der Waals surface area contributed by atoms with E-state index in [4.69, 9.17) is 12.2 Å². The van der Waals surface area contributed by atoms with E-state index in [0.717, 1.165) is 11.1 Å². The number of rotatable bonds is 8. The van der Waals surface area contributed by atoms with Crippen molar-refractivity contribution in [2.24, 2.45) is 0 Å². The molecule has 4 rings (SSSR count). The Morgan fingerprint density at radius 3 is 2.03 bits per heavy atom. The molecule has 0 radical (unpaired) electrons. The van der Waals surface area contributed by atoms with Gasteiger partial charge in [0.15, 0.2) is 5.11 Å². The maximum Gasteiger partial charge on any atom is 0.252 e. The largest absolute Gasteiger partial charge is 0.332 e. The van der Waals surface area contributed by atoms with Crippen molar-refractivity contribution < 1.29 is 9.59 Å². The van der Waals surface area contributed by atoms with Gasteiger partial charge in [-0.3, -0.25) is 14.5 Å². The van der Waals surface area contributed by atoms with Gasteiger partial charge in [-0.2, -0.15) is 0 Å². The van der Waals surface area contributed by atoms with E-state index in [0.29, 0.717) is 30.3 Å². The van der Waals surface area contributed by atoms with Gasteiger partial charge in [-0.15, -0.1) is 0 Å². The third-order valence-electron chi connectivity index (χ3n) is 5.50. The van der Waals surface area contributed by atoms with Gasteiger partial charge in [-0.05, 0) is 41.9 Å². The minimum atomic E-state index is -0.623. The Balaban J connectivity index is 1.50. The fraction of sp³-hybridized carbons (Fsp3) is 0.192. The molecule has 1 fully saturated rings. The summed E-state index contributed by atoms with van der Waals surface area (Å²) in [7, 11) is 0. The van der Waals surface area contributed by atoms with Crippen LogP contribution < -0.4 is 5.32 Å². The molecule has 5 nitrogen and oxygen atoms in total. The van der Waals surface area contributed by atoms with Crippen molar-refractivity contribution in [3.63, 3.8) is 0 Å². The summed E-state index contributed by atoms with van der Waals surface area (Å²) in [6.45, 7) is 0.973. The number of nitrogens with one attached hydrogen (secondary N) is 1. The summed E-state index contributed by atoms with van der Waals surface area (Å²) in [6, 6.07) is 28.5. The van der Waals surface area contributed by atoms with E-state index in [-0.39, 0.29) is 18.2 Å². The van der Waals surface area contributed by atoms with Gasteiger partial charge < -0.3 is 10.2 Å². The van der Waals surface area contributed by atoms with Crippen LogP contribution in [-0.2, 0) is 22.6 Å². The topological polar surface area (TPSA) is 52.7 Å². The lowest BCUT2D eigenvalue weighted by Crippen LogP contribution is -2.37. The summed E-state index contributed by atoms with van der Waals surface area (Å²) in [5.41, 5.74) is 2.89. The third-order valence-corrected chi connectivity index (χ3v) is 5.96. The van der Waals surface area contributed by atoms with Crippen LogP contribution in [0.3, 0.4) is 0 Å². The third kappa shape index (κ3) is 5.21. The summed E-state index contributed by atoms with van der Waals surface area (Å²) in [4.78, 5) is 29.6. The van der Waals surface area contributed by atoms with Crippen molar-refractivity contribution in [3.05, 3.63) is 102 Å². The second kappa shape index (κ2) is 10.2. The molecule has 0 saturated carbocycles. The summed E-state index contributed by atoms with van der Waals surface area (Å²) in [5, 5.41) is 3.36. The Labute approximate surface area is 193 Å². The molecule has 1 aliphatic rings. The molecular formula is C26H25N3O2S. The van der Waals surface area contributed by atoms with E-state index < -0.39 is 6.04 Å². The van der Waals surface area contributed by atoms with Gasteiger partial charge in [-0.1, -0.05) is 78.9 Å². The number of hydrogen-bond acceptors (Lipinski definition) is 3. The van der Waals surface area contributed by atoms with Crippen LogP contribution in [0.25, 0.3) is 0 Å². The average Bonchev–Trinajstić information content (AvgIpc) is 3.03. The molecule has 32 heavy (non-hydrogen) atoms. The highest BCUT2D eigenvalue weighted by Crippen LogP contribution is 2.24. The molecular weight excluding hydrogens is 418 g/mol. The van der Waals surface area contributed by atoms with E-state index in [2.05, 4.69) is 5.32 Å². The van der Waals surface area contributed by atoms with Crippen molar-refractivity contribution >= 4 is 34.8 Å². The Bertz CT molecular complexity index is 1070. The highest BCUT2D eigenvalue weighted by atomic mass is 32.1. The van der Waals surface area contributed by atoms with Gasteiger partial charge in [0.2, 0.25) is 5.91 Å². The number of benzene rings is 3. The fourth-order valence-corrected chi connectivity index (χ4v) is 4.22. The fourth-order valence-electron chi connectivity index (χ4n) is 3.85. The number of hydrogen-bond donors (Lipinski definition) is 1. The second-order valence-electron chi connectivity index (χ2n) is 7.76. The second-order valence-corrected chi connectivity index (χ2v) is 8.12. The lowest BCUT2D eigenvalue weighted by Gasteiger charge is -2.24. The lowest BCUT2D eigenvalue weighted by atomic mass is 10.1. The van der Waals surface area contributed by atoms with Crippen LogP contribution in [0.5, 0.6) is 0 Å². The van der Waals surface area contributed by atoms with Crippen molar-refractivity contribution in [2.45, 2.75) is 25.4 Å². The Kier molecular flexibility index (Phi) is 6.92. The molecule has 6 heteroatoms. The first-order valence-electron chi connectivity index (χ1n) is 10.7. The first-order chi connectivity index (χ1) is 15.6. The molecule has 1 heterocycles. The van der Waals surface area contributed by atoms with Crippen LogP contribution in [0.1, 0.15) is 17.5 Å². The minimum absolute atomic E-state index is 0.0442. The molecule has 3 aromatic rings. The Morgan fingerprint density at radius 2 is 1.41 bits per heavy atom. The van der Waals surface area contributed by atoms with Crippen LogP contribution in [0, 0.1) is 0 Å². The van der Waals surface area contributed by atoms with Crippen molar-refractivity contribution in [3.8, 4) is 0 Å². The molecule has 2 amide bonds. The highest BCUT2D eigenvalue weighted by Gasteiger charge is 2.43. The number of carbonyl (C=O) groups is 2. The monoisotopic (exact) mass is 443 g/mol. The van der Waals surface area contributed by atoms with Crippen molar-refractivity contribution in [1.29, 1.82) is 0 Å². The van der Waals surface area contributed by atoms with Crippen molar-refractivity contribution in [1.82, 2.24) is 9.80 Å². The summed E-state index contributed by atoms with van der Waals surface area (Å²) in [6.07, 6.45) is 0.747. The molecule has 0 spiro atoms. The van der Waals surface area contributed by atoms with E-state index in [1.807, 2.05) is 95.9 Å². The van der Waals surface area contributed by atoms with Gasteiger partial charge in [-0.25, -0.2) is 0 Å². The van der Waals surface area contributed by atoms with Crippen LogP contribution in [0.4, 0.5) is 5.69 Å². The van der Waals surface area contributed by atoms with E-state index in [9.17, 15) is 9.59 Å². The zero-order chi connectivity index (χ0) is 22.3. The standard InChI is InChI=1S/C26H25N3O2S/c30-24(27-22-14-8-3-9-15-22)18-23-25(31)28(17-16-20-10-4-1-5-11-20)26(32)29(23)19-21-12-6-2-7-13-21/h1-15,23H,16-19H2,(H,27,30). The molecule has 1 aliphatic heterocycles. The molecule has 0 aromatic heterocycles. The van der Waals surface area contributed by atoms with E-state index in [1.54, 1.807) is 4.90 Å². The Morgan fingerprint density at radius 1 is 0.844 bits per heavy atom. The molecule has 162 valence electrons. The Hall–Kier alpha value is -3.51. The van der Waals surface area contributed by atoms with Gasteiger partial charge in [0.05, 0.1) is 6.42 Å². The van der Waals surface area contributed by atoms with Crippen LogP contribution >= 0.6 is 12.2 Å². The first-order valence-corrected chi connectivity index (χ1v) is 11.1. The molecule has 0 bridgehead atoms. The quantitative estimate of drug-likeness (QED) is 0.529. The van der Waals surface area contributed by atoms with Gasteiger partial charge in [0, 0.05) is 18.8 Å². The highest BCUT2D eigenvalue weighted by molar-refractivity contribution is 7.80. The number of amides is 2. The van der Waals surface area contributed by atoms with Gasteiger partial charge in [0.25, 0.3) is 5.91 Å². The molecule has 0 aliphatic carbocycles. The summed E-state index contributed by atoms with van der Waals surface area (Å²) >= 11 is 5.71. The molecule has 1 saturated heterocycles. The summed E-state index contributed by atoms with van der Waals surface area (Å²) < 4.78 is 0. The minimum Gasteiger partial charge on any atom is -0.332 e. The lowest BCUT2D eigenvalue weighted by molar-refractivity contribution is -0.130. The average molecular weight is 444 g/mol. The zero-order valence-electron chi connectivity index (χ0n) is 17.7. The SMILES string of the molecule is O=C(CC1C(=O)N(CCc2ccccc2)C(=S)N1Cc1ccccc1)Nc1ccccc1. The predicted octanol–water partition coefficient (Wildman–Crippen LogP) is 4.26. The number of nitrogens with zero attached hydrogens (tertiary/aromatic N) is 2. The normalized spacial score (nSPS) is 15.8. The number of thiocarbonyl (C=S) groups is 1. The van der Waals surface area contributed by atoms with Crippen LogP contribution in [0.15, 0.2) is 91.0 Å². The van der Waals surface area contributed by atoms with Gasteiger partial charge >= 0.3 is 0 Å². The van der Waals surface area contributed by atoms with E-state index >= 15 is 0 Å². The molecule has 1 unspecified atom stereocenters. The predicted molar refractivity (Wildman–Crippen MR) is 130 cm³/mol. The number of anilines is 1. The molecule has 1 N–H and O–H groups in total.